The molecule has 1 aromatic heterocycles. The van der Waals surface area contributed by atoms with Gasteiger partial charge < -0.3 is 15.5 Å². The highest BCUT2D eigenvalue weighted by Gasteiger charge is 2.15. The molecular formula is C12H15N5O. The molecular weight excluding hydrogens is 230 g/mol. The van der Waals surface area contributed by atoms with E-state index in [2.05, 4.69) is 15.6 Å². The first-order valence-electron chi connectivity index (χ1n) is 5.88. The summed E-state index contributed by atoms with van der Waals surface area (Å²) in [6.07, 6.45) is 1.55. The molecule has 1 aliphatic rings. The van der Waals surface area contributed by atoms with Gasteiger partial charge in [-0.25, -0.2) is 4.98 Å². The summed E-state index contributed by atoms with van der Waals surface area (Å²) >= 11 is 0. The van der Waals surface area contributed by atoms with Crippen LogP contribution in [0.25, 0.3) is 0 Å². The zero-order valence-electron chi connectivity index (χ0n) is 10.0. The minimum Gasteiger partial charge on any atom is -0.376 e. The second kappa shape index (κ2) is 5.98. The van der Waals surface area contributed by atoms with Gasteiger partial charge in [-0.2, -0.15) is 5.26 Å². The Hall–Kier alpha value is -2.13. The number of aromatic nitrogens is 1. The number of nitrogens with zero attached hydrogens (tertiary/aromatic N) is 3. The molecule has 94 valence electrons. The Bertz CT molecular complexity index is 462. The first kappa shape index (κ1) is 12.3. The van der Waals surface area contributed by atoms with Crippen molar-refractivity contribution in [3.05, 3.63) is 24.0 Å². The fourth-order valence-electron chi connectivity index (χ4n) is 1.81. The van der Waals surface area contributed by atoms with Crippen LogP contribution in [0.3, 0.4) is 0 Å². The van der Waals surface area contributed by atoms with Crippen molar-refractivity contribution in [1.29, 1.82) is 5.26 Å². The van der Waals surface area contributed by atoms with E-state index in [-0.39, 0.29) is 12.5 Å². The molecule has 0 aliphatic carbocycles. The summed E-state index contributed by atoms with van der Waals surface area (Å²) in [5.74, 6) is 0.0758. The van der Waals surface area contributed by atoms with Crippen LogP contribution in [-0.4, -0.2) is 48.5 Å². The molecule has 2 rings (SSSR count). The number of piperazine rings is 1. The van der Waals surface area contributed by atoms with Crippen molar-refractivity contribution >= 4 is 11.6 Å². The molecule has 1 amide bonds. The van der Waals surface area contributed by atoms with Crippen LogP contribution in [0, 0.1) is 11.3 Å². The average Bonchev–Trinajstić information content (AvgIpc) is 2.46. The van der Waals surface area contributed by atoms with Crippen LogP contribution in [-0.2, 0) is 4.79 Å². The van der Waals surface area contributed by atoms with E-state index in [0.29, 0.717) is 5.69 Å². The van der Waals surface area contributed by atoms with Gasteiger partial charge in [-0.1, -0.05) is 0 Å². The molecule has 0 spiro atoms. The summed E-state index contributed by atoms with van der Waals surface area (Å²) in [6.45, 7) is 3.44. The zero-order chi connectivity index (χ0) is 12.8. The molecule has 1 aromatic rings. The predicted octanol–water partition coefficient (Wildman–Crippen LogP) is -0.203. The van der Waals surface area contributed by atoms with Crippen LogP contribution < -0.4 is 10.6 Å². The lowest BCUT2D eigenvalue weighted by molar-refractivity contribution is -0.129. The number of carbonyl (C=O) groups is 1. The third kappa shape index (κ3) is 3.18. The Balaban J connectivity index is 1.86. The van der Waals surface area contributed by atoms with E-state index in [1.807, 2.05) is 11.0 Å². The average molecular weight is 245 g/mol. The van der Waals surface area contributed by atoms with Crippen LogP contribution in [0.15, 0.2) is 18.3 Å². The first-order chi connectivity index (χ1) is 8.79. The standard InChI is InChI=1S/C12H15N5O/c13-8-11-7-10(1-2-15-11)16-9-12(18)17-5-3-14-4-6-17/h1-2,7,14H,3-6,9H2,(H,15,16). The molecule has 0 radical (unpaired) electrons. The van der Waals surface area contributed by atoms with Crippen molar-refractivity contribution in [2.45, 2.75) is 0 Å². The van der Waals surface area contributed by atoms with Crippen molar-refractivity contribution in [3.8, 4) is 6.07 Å². The number of anilines is 1. The third-order valence-electron chi connectivity index (χ3n) is 2.79. The molecule has 6 heteroatoms. The summed E-state index contributed by atoms with van der Waals surface area (Å²) in [7, 11) is 0. The second-order valence-corrected chi connectivity index (χ2v) is 4.03. The fraction of sp³-hybridized carbons (Fsp3) is 0.417. The molecule has 1 fully saturated rings. The Labute approximate surface area is 106 Å². The normalized spacial score (nSPS) is 14.9. The Kier molecular flexibility index (Phi) is 4.10. The van der Waals surface area contributed by atoms with Crippen molar-refractivity contribution in [1.82, 2.24) is 15.2 Å². The number of nitrogens with one attached hydrogen (secondary N) is 2. The summed E-state index contributed by atoms with van der Waals surface area (Å²) in [4.78, 5) is 17.6. The second-order valence-electron chi connectivity index (χ2n) is 4.03. The van der Waals surface area contributed by atoms with Crippen molar-refractivity contribution in [3.63, 3.8) is 0 Å². The van der Waals surface area contributed by atoms with E-state index >= 15 is 0 Å². The number of rotatable bonds is 3. The number of hydrogen-bond donors (Lipinski definition) is 2. The van der Waals surface area contributed by atoms with Gasteiger partial charge in [-0.15, -0.1) is 0 Å². The summed E-state index contributed by atoms with van der Waals surface area (Å²) in [6, 6.07) is 5.34. The molecule has 2 N–H and O–H groups in total. The summed E-state index contributed by atoms with van der Waals surface area (Å²) in [5, 5.41) is 14.9. The van der Waals surface area contributed by atoms with E-state index in [0.717, 1.165) is 31.9 Å². The van der Waals surface area contributed by atoms with Gasteiger partial charge in [0.25, 0.3) is 0 Å². The topological polar surface area (TPSA) is 81.0 Å². The van der Waals surface area contributed by atoms with Crippen molar-refractivity contribution in [2.75, 3.05) is 38.0 Å². The first-order valence-corrected chi connectivity index (χ1v) is 5.88. The number of carbonyl (C=O) groups excluding carboxylic acids is 1. The molecule has 0 saturated carbocycles. The highest BCUT2D eigenvalue weighted by Crippen LogP contribution is 2.07. The van der Waals surface area contributed by atoms with Crippen LogP contribution in [0.4, 0.5) is 5.69 Å². The van der Waals surface area contributed by atoms with E-state index < -0.39 is 0 Å². The van der Waals surface area contributed by atoms with Gasteiger partial charge in [0.1, 0.15) is 11.8 Å². The molecule has 1 aliphatic heterocycles. The lowest BCUT2D eigenvalue weighted by Gasteiger charge is -2.27. The molecule has 18 heavy (non-hydrogen) atoms. The molecule has 2 heterocycles. The monoisotopic (exact) mass is 245 g/mol. The lowest BCUT2D eigenvalue weighted by atomic mass is 10.3. The number of nitriles is 1. The Morgan fingerprint density at radius 2 is 2.33 bits per heavy atom. The largest absolute Gasteiger partial charge is 0.376 e. The van der Waals surface area contributed by atoms with Crippen molar-refractivity contribution in [2.24, 2.45) is 0 Å². The van der Waals surface area contributed by atoms with Gasteiger partial charge in [-0.3, -0.25) is 4.79 Å². The maximum atomic E-state index is 11.9. The van der Waals surface area contributed by atoms with Crippen molar-refractivity contribution < 1.29 is 4.79 Å². The minimum atomic E-state index is 0.0758. The van der Waals surface area contributed by atoms with Crippen LogP contribution >= 0.6 is 0 Å². The molecule has 0 aromatic carbocycles. The maximum absolute atomic E-state index is 11.9. The molecule has 6 nitrogen and oxygen atoms in total. The fourth-order valence-corrected chi connectivity index (χ4v) is 1.81. The van der Waals surface area contributed by atoms with Gasteiger partial charge in [0.2, 0.25) is 5.91 Å². The number of hydrogen-bond acceptors (Lipinski definition) is 5. The summed E-state index contributed by atoms with van der Waals surface area (Å²) in [5.41, 5.74) is 1.08. The van der Waals surface area contributed by atoms with E-state index in [4.69, 9.17) is 5.26 Å². The smallest absolute Gasteiger partial charge is 0.241 e. The van der Waals surface area contributed by atoms with Gasteiger partial charge in [0.15, 0.2) is 0 Å². The number of pyridine rings is 1. The van der Waals surface area contributed by atoms with E-state index in [9.17, 15) is 4.79 Å². The quantitative estimate of drug-likeness (QED) is 0.770. The molecule has 0 unspecified atom stereocenters. The van der Waals surface area contributed by atoms with E-state index in [1.165, 1.54) is 0 Å². The summed E-state index contributed by atoms with van der Waals surface area (Å²) < 4.78 is 0. The van der Waals surface area contributed by atoms with Crippen LogP contribution in [0.2, 0.25) is 0 Å². The Morgan fingerprint density at radius 3 is 3.06 bits per heavy atom. The van der Waals surface area contributed by atoms with Crippen LogP contribution in [0.1, 0.15) is 5.69 Å². The third-order valence-corrected chi connectivity index (χ3v) is 2.79. The van der Waals surface area contributed by atoms with Gasteiger partial charge in [0, 0.05) is 38.1 Å². The zero-order valence-corrected chi connectivity index (χ0v) is 10.0. The van der Waals surface area contributed by atoms with Gasteiger partial charge in [0.05, 0.1) is 6.54 Å². The molecule has 0 bridgehead atoms. The molecule has 0 atom stereocenters. The minimum absolute atomic E-state index is 0.0758. The lowest BCUT2D eigenvalue weighted by Crippen LogP contribution is -2.48. The number of amides is 1. The van der Waals surface area contributed by atoms with Crippen LogP contribution in [0.5, 0.6) is 0 Å². The SMILES string of the molecule is N#Cc1cc(NCC(=O)N2CCNCC2)ccn1. The highest BCUT2D eigenvalue weighted by molar-refractivity contribution is 5.81. The predicted molar refractivity (Wildman–Crippen MR) is 66.9 cm³/mol. The van der Waals surface area contributed by atoms with Gasteiger partial charge >= 0.3 is 0 Å². The Morgan fingerprint density at radius 1 is 1.56 bits per heavy atom. The highest BCUT2D eigenvalue weighted by atomic mass is 16.2. The van der Waals surface area contributed by atoms with E-state index in [1.54, 1.807) is 18.3 Å². The molecule has 1 saturated heterocycles. The maximum Gasteiger partial charge on any atom is 0.241 e. The van der Waals surface area contributed by atoms with Gasteiger partial charge in [-0.05, 0) is 12.1 Å².